The fourth-order valence-electron chi connectivity index (χ4n) is 3.25. The number of carbonyl (C=O) groups excluding carboxylic acids is 1. The van der Waals surface area contributed by atoms with Gasteiger partial charge in [0.15, 0.2) is 11.6 Å². The van der Waals surface area contributed by atoms with Gasteiger partial charge in [0, 0.05) is 12.1 Å². The summed E-state index contributed by atoms with van der Waals surface area (Å²) in [5.74, 6) is -0.907. The summed E-state index contributed by atoms with van der Waals surface area (Å²) in [6.07, 6.45) is 5.20. The number of nitrogens with one attached hydrogen (secondary N) is 2. The highest BCUT2D eigenvalue weighted by atomic mass is 19.1. The van der Waals surface area contributed by atoms with Crippen molar-refractivity contribution in [2.75, 3.05) is 17.7 Å². The number of pyridine rings is 2. The third kappa shape index (κ3) is 5.71. The lowest BCUT2D eigenvalue weighted by molar-refractivity contribution is 0.100. The Kier molecular flexibility index (Phi) is 7.38. The van der Waals surface area contributed by atoms with Crippen molar-refractivity contribution in [1.82, 2.24) is 25.0 Å². The molecule has 0 saturated carbocycles. The zero-order valence-corrected chi connectivity index (χ0v) is 18.9. The Hall–Kier alpha value is -3.80. The van der Waals surface area contributed by atoms with E-state index in [0.717, 1.165) is 6.07 Å². The van der Waals surface area contributed by atoms with Gasteiger partial charge in [-0.25, -0.2) is 14.4 Å². The molecule has 12 heteroatoms. The molecule has 0 aliphatic carbocycles. The Morgan fingerprint density at radius 2 is 1.91 bits per heavy atom. The number of nitrogens with two attached hydrogens (primary N) is 2. The van der Waals surface area contributed by atoms with Gasteiger partial charge in [0.05, 0.1) is 37.0 Å². The van der Waals surface area contributed by atoms with Crippen LogP contribution >= 0.6 is 0 Å². The molecule has 3 heterocycles. The van der Waals surface area contributed by atoms with Crippen molar-refractivity contribution in [3.05, 3.63) is 42.1 Å². The van der Waals surface area contributed by atoms with E-state index in [-0.39, 0.29) is 35.2 Å². The molecule has 0 radical (unpaired) electrons. The van der Waals surface area contributed by atoms with Crippen molar-refractivity contribution in [3.63, 3.8) is 0 Å². The van der Waals surface area contributed by atoms with Gasteiger partial charge in [-0.05, 0) is 31.4 Å². The van der Waals surface area contributed by atoms with E-state index in [2.05, 4.69) is 30.8 Å². The van der Waals surface area contributed by atoms with E-state index in [1.165, 1.54) is 30.5 Å². The Morgan fingerprint density at radius 3 is 2.48 bits per heavy atom. The molecule has 3 aromatic heterocycles. The van der Waals surface area contributed by atoms with Crippen LogP contribution in [0.5, 0.6) is 5.88 Å². The summed E-state index contributed by atoms with van der Waals surface area (Å²) in [4.78, 5) is 21.8. The molecule has 3 aromatic rings. The minimum Gasteiger partial charge on any atom is -0.479 e. The Bertz CT molecular complexity index is 1100. The second kappa shape index (κ2) is 10.2. The van der Waals surface area contributed by atoms with Crippen LogP contribution < -0.4 is 26.8 Å². The average Bonchev–Trinajstić information content (AvgIpc) is 3.29. The minimum atomic E-state index is -0.836. The van der Waals surface area contributed by atoms with Crippen LogP contribution in [0.15, 0.2) is 30.7 Å². The van der Waals surface area contributed by atoms with Crippen LogP contribution in [0.3, 0.4) is 0 Å². The van der Waals surface area contributed by atoms with Crippen LogP contribution in [0.2, 0.25) is 0 Å². The highest BCUT2D eigenvalue weighted by molar-refractivity contribution is 5.98. The molecule has 33 heavy (non-hydrogen) atoms. The van der Waals surface area contributed by atoms with E-state index in [9.17, 15) is 9.18 Å². The first kappa shape index (κ1) is 23.9. The molecule has 3 rings (SSSR count). The third-order valence-electron chi connectivity index (χ3n) is 4.85. The number of hydrogen-bond donors (Lipinski definition) is 4. The molecule has 0 aliphatic heterocycles. The number of hydrogen-bond acceptors (Lipinski definition) is 9. The number of aromatic nitrogens is 5. The summed E-state index contributed by atoms with van der Waals surface area (Å²) >= 11 is 0. The number of methoxy groups -OCH3 is 1. The van der Waals surface area contributed by atoms with Gasteiger partial charge in [0.1, 0.15) is 11.5 Å². The fourth-order valence-corrected chi connectivity index (χ4v) is 3.25. The molecule has 1 amide bonds. The zero-order valence-electron chi connectivity index (χ0n) is 18.9. The summed E-state index contributed by atoms with van der Waals surface area (Å²) in [7, 11) is 1.47. The van der Waals surface area contributed by atoms with E-state index >= 15 is 0 Å². The van der Waals surface area contributed by atoms with Crippen molar-refractivity contribution in [2.45, 2.75) is 39.3 Å². The predicted octanol–water partition coefficient (Wildman–Crippen LogP) is 2.22. The van der Waals surface area contributed by atoms with Crippen LogP contribution in [0.25, 0.3) is 5.69 Å². The van der Waals surface area contributed by atoms with Gasteiger partial charge in [-0.1, -0.05) is 13.8 Å². The molecule has 0 aliphatic rings. The number of halogens is 1. The smallest absolute Gasteiger partial charge is 0.252 e. The van der Waals surface area contributed by atoms with Crippen molar-refractivity contribution >= 4 is 23.2 Å². The molecular formula is C21H28FN9O2. The quantitative estimate of drug-likeness (QED) is 0.358. The van der Waals surface area contributed by atoms with Gasteiger partial charge >= 0.3 is 0 Å². The third-order valence-corrected chi connectivity index (χ3v) is 4.85. The molecule has 0 spiro atoms. The average molecular weight is 458 g/mol. The Balaban J connectivity index is 1.99. The number of anilines is 3. The monoisotopic (exact) mass is 457 g/mol. The van der Waals surface area contributed by atoms with Crippen LogP contribution in [0, 0.1) is 11.7 Å². The van der Waals surface area contributed by atoms with Gasteiger partial charge in [0.25, 0.3) is 5.91 Å². The SMILES string of the molecule is COc1ncc(Nc2nc(N[C@H](CC(C)C)[C@H](C)N)c(F)cc2C(N)=O)cc1-n1nccn1. The number of amides is 1. The lowest BCUT2D eigenvalue weighted by Gasteiger charge is -2.25. The van der Waals surface area contributed by atoms with Gasteiger partial charge < -0.3 is 26.8 Å². The number of nitrogens with zero attached hydrogens (tertiary/aromatic N) is 5. The first-order valence-corrected chi connectivity index (χ1v) is 10.4. The molecule has 0 saturated heterocycles. The largest absolute Gasteiger partial charge is 0.479 e. The number of ether oxygens (including phenoxy) is 1. The van der Waals surface area contributed by atoms with E-state index in [4.69, 9.17) is 16.2 Å². The first-order valence-electron chi connectivity index (χ1n) is 10.4. The molecule has 0 fully saturated rings. The van der Waals surface area contributed by atoms with Crippen molar-refractivity contribution in [2.24, 2.45) is 17.4 Å². The predicted molar refractivity (Wildman–Crippen MR) is 122 cm³/mol. The number of carbonyl (C=O) groups is 1. The Morgan fingerprint density at radius 1 is 1.21 bits per heavy atom. The maximum atomic E-state index is 14.8. The van der Waals surface area contributed by atoms with Crippen LogP contribution in [-0.2, 0) is 0 Å². The summed E-state index contributed by atoms with van der Waals surface area (Å²) in [5.41, 5.74) is 12.3. The number of rotatable bonds is 10. The van der Waals surface area contributed by atoms with Gasteiger partial charge in [-0.3, -0.25) is 4.79 Å². The standard InChI is InChI=1S/C21H28FN9O2/c1-11(2)7-16(12(3)23)29-20-15(22)9-14(18(24)32)19(30-20)28-13-8-17(21(33-4)25-10-13)31-26-5-6-27-31/h5-6,8-12,16H,7,23H2,1-4H3,(H2,24,32)(H2,28,29,30)/t12-,16+/m0/s1. The van der Waals surface area contributed by atoms with E-state index < -0.39 is 11.7 Å². The second-order valence-electron chi connectivity index (χ2n) is 8.01. The normalized spacial score (nSPS) is 12.9. The maximum Gasteiger partial charge on any atom is 0.252 e. The molecule has 0 aromatic carbocycles. The lowest BCUT2D eigenvalue weighted by atomic mass is 9.99. The molecule has 176 valence electrons. The fraction of sp³-hybridized carbons (Fsp3) is 0.381. The molecular weight excluding hydrogens is 429 g/mol. The maximum absolute atomic E-state index is 14.8. The molecule has 6 N–H and O–H groups in total. The van der Waals surface area contributed by atoms with Crippen LogP contribution in [0.1, 0.15) is 37.6 Å². The summed E-state index contributed by atoms with van der Waals surface area (Å²) in [6, 6.07) is 2.22. The summed E-state index contributed by atoms with van der Waals surface area (Å²) in [6.45, 7) is 5.93. The van der Waals surface area contributed by atoms with Crippen molar-refractivity contribution in [3.8, 4) is 11.6 Å². The topological polar surface area (TPSA) is 159 Å². The van der Waals surface area contributed by atoms with Crippen LogP contribution in [-0.4, -0.2) is 50.1 Å². The van der Waals surface area contributed by atoms with E-state index in [1.54, 1.807) is 6.07 Å². The highest BCUT2D eigenvalue weighted by Gasteiger charge is 2.21. The van der Waals surface area contributed by atoms with Gasteiger partial charge in [-0.2, -0.15) is 10.2 Å². The van der Waals surface area contributed by atoms with Crippen LogP contribution in [0.4, 0.5) is 21.7 Å². The lowest BCUT2D eigenvalue weighted by Crippen LogP contribution is -2.39. The van der Waals surface area contributed by atoms with Crippen molar-refractivity contribution in [1.29, 1.82) is 0 Å². The molecule has 11 nitrogen and oxygen atoms in total. The van der Waals surface area contributed by atoms with Gasteiger partial charge in [0.2, 0.25) is 5.88 Å². The molecule has 0 unspecified atom stereocenters. The molecule has 2 atom stereocenters. The summed E-state index contributed by atoms with van der Waals surface area (Å²) in [5, 5.41) is 14.2. The van der Waals surface area contributed by atoms with E-state index in [1.807, 2.05) is 20.8 Å². The second-order valence-corrected chi connectivity index (χ2v) is 8.01. The van der Waals surface area contributed by atoms with Gasteiger partial charge in [-0.15, -0.1) is 4.80 Å². The van der Waals surface area contributed by atoms with E-state index in [0.29, 0.717) is 23.7 Å². The summed E-state index contributed by atoms with van der Waals surface area (Å²) < 4.78 is 20.1. The minimum absolute atomic E-state index is 0.0408. The Labute approximate surface area is 190 Å². The zero-order chi connectivity index (χ0) is 24.1. The number of primary amides is 1. The molecule has 0 bridgehead atoms. The first-order chi connectivity index (χ1) is 15.7. The highest BCUT2D eigenvalue weighted by Crippen LogP contribution is 2.28. The van der Waals surface area contributed by atoms with Crippen molar-refractivity contribution < 1.29 is 13.9 Å².